The number of nitrogens with zero attached hydrogens (tertiary/aromatic N) is 1. The van der Waals surface area contributed by atoms with Crippen LogP contribution in [0, 0.1) is 0 Å². The van der Waals surface area contributed by atoms with Gasteiger partial charge in [0.2, 0.25) is 0 Å². The first-order valence-electron chi connectivity index (χ1n) is 6.86. The molecule has 1 aliphatic heterocycles. The molecule has 0 spiro atoms. The number of likely N-dealkylation sites (tertiary alicyclic amines) is 1. The SMILES string of the molecule is N[C@@H]1CCCN(CCCCc2ccccc2)C1. The van der Waals surface area contributed by atoms with Gasteiger partial charge in [-0.05, 0) is 50.8 Å². The Morgan fingerprint density at radius 1 is 1.18 bits per heavy atom. The first kappa shape index (κ1) is 12.6. The Hall–Kier alpha value is -0.860. The highest BCUT2D eigenvalue weighted by atomic mass is 15.1. The van der Waals surface area contributed by atoms with Crippen molar-refractivity contribution < 1.29 is 0 Å². The minimum Gasteiger partial charge on any atom is -0.327 e. The van der Waals surface area contributed by atoms with E-state index >= 15 is 0 Å². The van der Waals surface area contributed by atoms with Gasteiger partial charge in [-0.25, -0.2) is 0 Å². The summed E-state index contributed by atoms with van der Waals surface area (Å²) >= 11 is 0. The molecule has 1 heterocycles. The van der Waals surface area contributed by atoms with E-state index in [4.69, 9.17) is 5.73 Å². The third-order valence-corrected chi connectivity index (χ3v) is 3.57. The maximum Gasteiger partial charge on any atom is 0.0168 e. The van der Waals surface area contributed by atoms with E-state index in [1.54, 1.807) is 0 Å². The van der Waals surface area contributed by atoms with Gasteiger partial charge < -0.3 is 10.6 Å². The lowest BCUT2D eigenvalue weighted by atomic mass is 10.1. The van der Waals surface area contributed by atoms with Gasteiger partial charge in [0.1, 0.15) is 0 Å². The zero-order valence-electron chi connectivity index (χ0n) is 10.6. The number of piperidine rings is 1. The molecular formula is C15H24N2. The third kappa shape index (κ3) is 4.49. The second-order valence-corrected chi connectivity index (χ2v) is 5.15. The second kappa shape index (κ2) is 6.77. The Bertz CT molecular complexity index is 310. The van der Waals surface area contributed by atoms with Crippen LogP contribution < -0.4 is 5.73 Å². The number of aryl methyl sites for hydroxylation is 1. The summed E-state index contributed by atoms with van der Waals surface area (Å²) in [5.74, 6) is 0. The van der Waals surface area contributed by atoms with Gasteiger partial charge in [-0.3, -0.25) is 0 Å². The van der Waals surface area contributed by atoms with Gasteiger partial charge in [0.25, 0.3) is 0 Å². The van der Waals surface area contributed by atoms with Crippen LogP contribution in [-0.2, 0) is 6.42 Å². The molecule has 1 aliphatic rings. The Labute approximate surface area is 105 Å². The van der Waals surface area contributed by atoms with Crippen LogP contribution in [0.5, 0.6) is 0 Å². The molecule has 1 atom stereocenters. The predicted octanol–water partition coefficient (Wildman–Crippen LogP) is 2.43. The molecule has 0 aromatic heterocycles. The lowest BCUT2D eigenvalue weighted by molar-refractivity contribution is 0.206. The molecule has 1 aromatic carbocycles. The molecule has 0 amide bonds. The van der Waals surface area contributed by atoms with E-state index in [1.165, 1.54) is 50.8 Å². The molecule has 1 saturated heterocycles. The summed E-state index contributed by atoms with van der Waals surface area (Å²) in [6.45, 7) is 3.57. The van der Waals surface area contributed by atoms with Crippen molar-refractivity contribution in [3.63, 3.8) is 0 Å². The highest BCUT2D eigenvalue weighted by Crippen LogP contribution is 2.10. The van der Waals surface area contributed by atoms with Crippen molar-refractivity contribution in [1.29, 1.82) is 0 Å². The fourth-order valence-corrected chi connectivity index (χ4v) is 2.60. The fourth-order valence-electron chi connectivity index (χ4n) is 2.60. The maximum atomic E-state index is 5.98. The molecule has 94 valence electrons. The van der Waals surface area contributed by atoms with Gasteiger partial charge in [0.05, 0.1) is 0 Å². The molecule has 0 saturated carbocycles. The first-order chi connectivity index (χ1) is 8.34. The number of nitrogens with two attached hydrogens (primary N) is 1. The molecule has 0 bridgehead atoms. The molecule has 1 fully saturated rings. The van der Waals surface area contributed by atoms with Crippen molar-refractivity contribution >= 4 is 0 Å². The maximum absolute atomic E-state index is 5.98. The van der Waals surface area contributed by atoms with Gasteiger partial charge in [-0.15, -0.1) is 0 Å². The molecule has 2 heteroatoms. The van der Waals surface area contributed by atoms with Crippen LogP contribution >= 0.6 is 0 Å². The van der Waals surface area contributed by atoms with Crippen LogP contribution in [0.15, 0.2) is 30.3 Å². The van der Waals surface area contributed by atoms with Crippen molar-refractivity contribution in [2.24, 2.45) is 5.73 Å². The van der Waals surface area contributed by atoms with Crippen LogP contribution in [0.2, 0.25) is 0 Å². The second-order valence-electron chi connectivity index (χ2n) is 5.15. The number of hydrogen-bond acceptors (Lipinski definition) is 2. The van der Waals surface area contributed by atoms with Gasteiger partial charge >= 0.3 is 0 Å². The number of unbranched alkanes of at least 4 members (excludes halogenated alkanes) is 1. The van der Waals surface area contributed by atoms with E-state index in [-0.39, 0.29) is 0 Å². The summed E-state index contributed by atoms with van der Waals surface area (Å²) in [6, 6.07) is 11.2. The van der Waals surface area contributed by atoms with E-state index in [2.05, 4.69) is 35.2 Å². The molecule has 0 aliphatic carbocycles. The topological polar surface area (TPSA) is 29.3 Å². The van der Waals surface area contributed by atoms with E-state index in [0.717, 1.165) is 6.54 Å². The highest BCUT2D eigenvalue weighted by molar-refractivity contribution is 5.14. The summed E-state index contributed by atoms with van der Waals surface area (Å²) in [5, 5.41) is 0. The Morgan fingerprint density at radius 2 is 2.00 bits per heavy atom. The molecule has 2 nitrogen and oxygen atoms in total. The molecule has 0 radical (unpaired) electrons. The van der Waals surface area contributed by atoms with Gasteiger partial charge in [0.15, 0.2) is 0 Å². The predicted molar refractivity (Wildman–Crippen MR) is 73.0 cm³/mol. The van der Waals surface area contributed by atoms with Crippen LogP contribution in [0.1, 0.15) is 31.2 Å². The van der Waals surface area contributed by atoms with E-state index in [0.29, 0.717) is 6.04 Å². The first-order valence-corrected chi connectivity index (χ1v) is 6.86. The summed E-state index contributed by atoms with van der Waals surface area (Å²) < 4.78 is 0. The van der Waals surface area contributed by atoms with Crippen LogP contribution in [0.25, 0.3) is 0 Å². The van der Waals surface area contributed by atoms with Crippen LogP contribution in [-0.4, -0.2) is 30.6 Å². The molecule has 1 aromatic rings. The van der Waals surface area contributed by atoms with Crippen LogP contribution in [0.4, 0.5) is 0 Å². The fraction of sp³-hybridized carbons (Fsp3) is 0.600. The number of rotatable bonds is 5. The quantitative estimate of drug-likeness (QED) is 0.790. The number of benzene rings is 1. The van der Waals surface area contributed by atoms with E-state index in [1.807, 2.05) is 0 Å². The third-order valence-electron chi connectivity index (χ3n) is 3.57. The van der Waals surface area contributed by atoms with Gasteiger partial charge in [0, 0.05) is 12.6 Å². The summed E-state index contributed by atoms with van der Waals surface area (Å²) in [7, 11) is 0. The molecule has 2 N–H and O–H groups in total. The van der Waals surface area contributed by atoms with Gasteiger partial charge in [-0.1, -0.05) is 30.3 Å². The zero-order valence-corrected chi connectivity index (χ0v) is 10.6. The largest absolute Gasteiger partial charge is 0.327 e. The zero-order chi connectivity index (χ0) is 11.9. The lowest BCUT2D eigenvalue weighted by Gasteiger charge is -2.30. The summed E-state index contributed by atoms with van der Waals surface area (Å²) in [4.78, 5) is 2.53. The summed E-state index contributed by atoms with van der Waals surface area (Å²) in [5.41, 5.74) is 7.44. The average Bonchev–Trinajstić information content (AvgIpc) is 2.36. The van der Waals surface area contributed by atoms with Crippen LogP contribution in [0.3, 0.4) is 0 Å². The highest BCUT2D eigenvalue weighted by Gasteiger charge is 2.15. The van der Waals surface area contributed by atoms with Crippen molar-refractivity contribution in [3.05, 3.63) is 35.9 Å². The van der Waals surface area contributed by atoms with Crippen molar-refractivity contribution in [1.82, 2.24) is 4.90 Å². The number of hydrogen-bond donors (Lipinski definition) is 1. The standard InChI is InChI=1S/C15H24N2/c16-15-10-6-12-17(13-15)11-5-4-9-14-7-2-1-3-8-14/h1-3,7-8,15H,4-6,9-13,16H2/t15-/m1/s1. The van der Waals surface area contributed by atoms with Crippen molar-refractivity contribution in [3.8, 4) is 0 Å². The lowest BCUT2D eigenvalue weighted by Crippen LogP contribution is -2.43. The minimum atomic E-state index is 0.415. The molecule has 17 heavy (non-hydrogen) atoms. The molecule has 2 rings (SSSR count). The van der Waals surface area contributed by atoms with Crippen molar-refractivity contribution in [2.45, 2.75) is 38.1 Å². The Morgan fingerprint density at radius 3 is 2.76 bits per heavy atom. The van der Waals surface area contributed by atoms with Gasteiger partial charge in [-0.2, -0.15) is 0 Å². The monoisotopic (exact) mass is 232 g/mol. The Balaban J connectivity index is 1.60. The Kier molecular flexibility index (Phi) is 5.02. The molecular weight excluding hydrogens is 208 g/mol. The van der Waals surface area contributed by atoms with E-state index in [9.17, 15) is 0 Å². The minimum absolute atomic E-state index is 0.415. The normalized spacial score (nSPS) is 21.6. The molecule has 0 unspecified atom stereocenters. The van der Waals surface area contributed by atoms with Crippen molar-refractivity contribution in [2.75, 3.05) is 19.6 Å². The average molecular weight is 232 g/mol. The van der Waals surface area contributed by atoms with E-state index < -0.39 is 0 Å². The smallest absolute Gasteiger partial charge is 0.0168 e. The summed E-state index contributed by atoms with van der Waals surface area (Å²) in [6.07, 6.45) is 6.28.